The van der Waals surface area contributed by atoms with E-state index in [1.54, 1.807) is 6.07 Å². The lowest BCUT2D eigenvalue weighted by molar-refractivity contribution is -0.138. The molecule has 3 aliphatic rings. The van der Waals surface area contributed by atoms with Crippen LogP contribution in [0.25, 0.3) is 0 Å². The molecule has 0 bridgehead atoms. The molecular formula is C26H29FN2O2. The van der Waals surface area contributed by atoms with Crippen LogP contribution in [0.1, 0.15) is 66.8 Å². The fourth-order valence-electron chi connectivity index (χ4n) is 5.88. The van der Waals surface area contributed by atoms with Crippen LogP contribution in [0.4, 0.5) is 4.39 Å². The lowest BCUT2D eigenvalue weighted by Crippen LogP contribution is -2.58. The minimum atomic E-state index is -0.505. The largest absolute Gasteiger partial charge is 0.348 e. The molecule has 31 heavy (non-hydrogen) atoms. The molecule has 4 nitrogen and oxygen atoms in total. The van der Waals surface area contributed by atoms with Gasteiger partial charge in [0, 0.05) is 13.0 Å². The van der Waals surface area contributed by atoms with E-state index in [-0.39, 0.29) is 23.7 Å². The molecule has 0 saturated carbocycles. The van der Waals surface area contributed by atoms with Crippen LogP contribution in [0.3, 0.4) is 0 Å². The van der Waals surface area contributed by atoms with Crippen molar-refractivity contribution in [2.45, 2.75) is 69.4 Å². The first-order chi connectivity index (χ1) is 15.0. The Morgan fingerprint density at radius 3 is 2.65 bits per heavy atom. The molecular weight excluding hydrogens is 391 g/mol. The van der Waals surface area contributed by atoms with E-state index in [1.165, 1.54) is 36.1 Å². The van der Waals surface area contributed by atoms with Gasteiger partial charge in [0.2, 0.25) is 11.8 Å². The van der Waals surface area contributed by atoms with Gasteiger partial charge in [-0.2, -0.15) is 0 Å². The summed E-state index contributed by atoms with van der Waals surface area (Å²) in [5, 5.41) is 3.17. The Hall–Kier alpha value is -2.69. The number of rotatable bonds is 3. The van der Waals surface area contributed by atoms with Crippen molar-refractivity contribution in [1.82, 2.24) is 10.2 Å². The molecule has 2 amide bonds. The Balaban J connectivity index is 1.45. The van der Waals surface area contributed by atoms with Crippen LogP contribution in [0.5, 0.6) is 0 Å². The van der Waals surface area contributed by atoms with Crippen molar-refractivity contribution >= 4 is 11.8 Å². The van der Waals surface area contributed by atoms with Crippen LogP contribution in [0.15, 0.2) is 42.5 Å². The second-order valence-electron chi connectivity index (χ2n) is 9.34. The Morgan fingerprint density at radius 1 is 1.03 bits per heavy atom. The van der Waals surface area contributed by atoms with Crippen molar-refractivity contribution in [3.8, 4) is 0 Å². The summed E-state index contributed by atoms with van der Waals surface area (Å²) in [6.07, 6.45) is 7.77. The second-order valence-corrected chi connectivity index (χ2v) is 9.34. The van der Waals surface area contributed by atoms with E-state index in [2.05, 4.69) is 23.5 Å². The first kappa shape index (κ1) is 20.2. The molecule has 5 heteroatoms. The van der Waals surface area contributed by atoms with Gasteiger partial charge in [-0.15, -0.1) is 0 Å². The lowest BCUT2D eigenvalue weighted by Gasteiger charge is -2.48. The molecule has 0 radical (unpaired) electrons. The summed E-state index contributed by atoms with van der Waals surface area (Å²) in [6.45, 7) is 0.628. The molecule has 2 saturated heterocycles. The minimum Gasteiger partial charge on any atom is -0.348 e. The SMILES string of the molecule is O=C1CC[C@]2(CCCN(C(=O)Cc3ccc4c(c3)CCCC4)[C@@H]2c2cccc(F)c2)N1. The van der Waals surface area contributed by atoms with Crippen LogP contribution < -0.4 is 5.32 Å². The average Bonchev–Trinajstić information content (AvgIpc) is 3.13. The van der Waals surface area contributed by atoms with Crippen molar-refractivity contribution in [1.29, 1.82) is 0 Å². The van der Waals surface area contributed by atoms with E-state index in [4.69, 9.17) is 0 Å². The third-order valence-corrected chi connectivity index (χ3v) is 7.30. The maximum Gasteiger partial charge on any atom is 0.227 e. The third kappa shape index (κ3) is 3.86. The van der Waals surface area contributed by atoms with Crippen molar-refractivity contribution in [2.75, 3.05) is 6.54 Å². The number of carbonyl (C=O) groups excluding carboxylic acids is 2. The van der Waals surface area contributed by atoms with Crippen molar-refractivity contribution in [2.24, 2.45) is 0 Å². The number of aryl methyl sites for hydroxylation is 2. The summed E-state index contributed by atoms with van der Waals surface area (Å²) < 4.78 is 14.1. The van der Waals surface area contributed by atoms with Gasteiger partial charge < -0.3 is 10.2 Å². The summed E-state index contributed by atoms with van der Waals surface area (Å²) in [4.78, 5) is 27.6. The molecule has 2 aromatic rings. The molecule has 2 heterocycles. The molecule has 1 aliphatic carbocycles. The third-order valence-electron chi connectivity index (χ3n) is 7.30. The summed E-state index contributed by atoms with van der Waals surface area (Å²) in [6, 6.07) is 12.6. The molecule has 0 aromatic heterocycles. The fourth-order valence-corrected chi connectivity index (χ4v) is 5.88. The lowest BCUT2D eigenvalue weighted by atomic mass is 9.76. The molecule has 1 spiro atoms. The maximum absolute atomic E-state index is 14.1. The standard InChI is InChI=1S/C26H29FN2O2/c27-22-8-3-7-21(17-22)25-26(13-11-23(30)28-26)12-4-14-29(25)24(31)16-18-9-10-19-5-1-2-6-20(19)15-18/h3,7-10,15,17,25H,1-2,4-6,11-14,16H2,(H,28,30)/t25-,26+/m1/s1. The monoisotopic (exact) mass is 420 g/mol. The summed E-state index contributed by atoms with van der Waals surface area (Å²) in [7, 11) is 0. The molecule has 162 valence electrons. The van der Waals surface area contributed by atoms with Crippen molar-refractivity contribution in [3.05, 3.63) is 70.5 Å². The first-order valence-electron chi connectivity index (χ1n) is 11.5. The first-order valence-corrected chi connectivity index (χ1v) is 11.5. The Bertz CT molecular complexity index is 1020. The van der Waals surface area contributed by atoms with Crippen LogP contribution in [0, 0.1) is 5.82 Å². The molecule has 2 fully saturated rings. The second kappa shape index (κ2) is 8.10. The number of piperidine rings is 1. The van der Waals surface area contributed by atoms with Gasteiger partial charge in [0.05, 0.1) is 18.0 Å². The zero-order valence-corrected chi connectivity index (χ0v) is 17.8. The number of halogens is 1. The number of hydrogen-bond donors (Lipinski definition) is 1. The molecule has 2 aromatic carbocycles. The molecule has 5 rings (SSSR count). The number of fused-ring (bicyclic) bond motifs is 1. The highest BCUT2D eigenvalue weighted by atomic mass is 19.1. The summed E-state index contributed by atoms with van der Waals surface area (Å²) in [5.41, 5.74) is 4.08. The van der Waals surface area contributed by atoms with E-state index in [0.29, 0.717) is 25.8 Å². The van der Waals surface area contributed by atoms with Crippen molar-refractivity contribution < 1.29 is 14.0 Å². The number of nitrogens with zero attached hydrogens (tertiary/aromatic N) is 1. The van der Waals surface area contributed by atoms with Gasteiger partial charge in [0.15, 0.2) is 0 Å². The number of likely N-dealkylation sites (tertiary alicyclic amines) is 1. The number of nitrogens with one attached hydrogen (secondary N) is 1. The molecule has 1 N–H and O–H groups in total. The zero-order valence-electron chi connectivity index (χ0n) is 17.8. The van der Waals surface area contributed by atoms with Crippen molar-refractivity contribution in [3.63, 3.8) is 0 Å². The normalized spacial score (nSPS) is 25.4. The Labute approximate surface area is 182 Å². The maximum atomic E-state index is 14.1. The topological polar surface area (TPSA) is 49.4 Å². The Morgan fingerprint density at radius 2 is 1.87 bits per heavy atom. The van der Waals surface area contributed by atoms with E-state index in [1.807, 2.05) is 11.0 Å². The number of benzene rings is 2. The van der Waals surface area contributed by atoms with Gasteiger partial charge in [-0.1, -0.05) is 30.3 Å². The minimum absolute atomic E-state index is 0.0189. The predicted octanol–water partition coefficient (Wildman–Crippen LogP) is 4.26. The Kier molecular flexibility index (Phi) is 5.28. The van der Waals surface area contributed by atoms with Gasteiger partial charge in [-0.3, -0.25) is 9.59 Å². The summed E-state index contributed by atoms with van der Waals surface area (Å²) >= 11 is 0. The average molecular weight is 421 g/mol. The number of amides is 2. The number of carbonyl (C=O) groups is 2. The van der Waals surface area contributed by atoms with E-state index < -0.39 is 5.54 Å². The van der Waals surface area contributed by atoms with Gasteiger partial charge in [0.25, 0.3) is 0 Å². The van der Waals surface area contributed by atoms with E-state index in [9.17, 15) is 14.0 Å². The van der Waals surface area contributed by atoms with Crippen LogP contribution in [0.2, 0.25) is 0 Å². The fraction of sp³-hybridized carbons (Fsp3) is 0.462. The predicted molar refractivity (Wildman–Crippen MR) is 117 cm³/mol. The summed E-state index contributed by atoms with van der Waals surface area (Å²) in [5.74, 6) is -0.250. The quantitative estimate of drug-likeness (QED) is 0.807. The molecule has 0 unspecified atom stereocenters. The van der Waals surface area contributed by atoms with Gasteiger partial charge in [-0.25, -0.2) is 4.39 Å². The van der Waals surface area contributed by atoms with Gasteiger partial charge in [0.1, 0.15) is 5.82 Å². The highest BCUT2D eigenvalue weighted by Crippen LogP contribution is 2.45. The van der Waals surface area contributed by atoms with Crippen LogP contribution in [-0.2, 0) is 28.9 Å². The number of hydrogen-bond acceptors (Lipinski definition) is 2. The van der Waals surface area contributed by atoms with E-state index >= 15 is 0 Å². The van der Waals surface area contributed by atoms with E-state index in [0.717, 1.165) is 36.8 Å². The van der Waals surface area contributed by atoms with Gasteiger partial charge in [-0.05, 0) is 79.3 Å². The highest BCUT2D eigenvalue weighted by molar-refractivity contribution is 5.82. The molecule has 2 aliphatic heterocycles. The smallest absolute Gasteiger partial charge is 0.227 e. The van der Waals surface area contributed by atoms with Crippen LogP contribution in [-0.4, -0.2) is 28.8 Å². The zero-order chi connectivity index (χ0) is 21.4. The van der Waals surface area contributed by atoms with Crippen LogP contribution >= 0.6 is 0 Å². The highest BCUT2D eigenvalue weighted by Gasteiger charge is 2.50. The molecule has 2 atom stereocenters. The van der Waals surface area contributed by atoms with Gasteiger partial charge >= 0.3 is 0 Å².